The molecule has 0 aromatic heterocycles. The van der Waals surface area contributed by atoms with Crippen molar-refractivity contribution in [2.24, 2.45) is 0 Å². The molecule has 0 aliphatic carbocycles. The second-order valence-electron chi connectivity index (χ2n) is 0. The lowest BCUT2D eigenvalue weighted by Gasteiger charge is -0.270. The molecule has 0 atom stereocenters. The van der Waals surface area contributed by atoms with Crippen molar-refractivity contribution in [1.82, 2.24) is 0 Å². The molecule has 0 aliphatic heterocycles. The van der Waals surface area contributed by atoms with Gasteiger partial charge in [-0.3, -0.25) is 14.1 Å². The van der Waals surface area contributed by atoms with Crippen molar-refractivity contribution in [2.45, 2.75) is 0 Å². The average molecular weight is 92.1 g/mol. The fraction of sp³-hybridized carbons (Fsp3) is 0. The molecule has 0 aromatic rings. The van der Waals surface area contributed by atoms with Crippen LogP contribution in [0.25, 0.3) is 0 Å². The molecule has 0 saturated carbocycles. The number of hydrogen-bond acceptors (Lipinski definition) is 0. The van der Waals surface area contributed by atoms with E-state index >= 15 is 0 Å². The summed E-state index contributed by atoms with van der Waals surface area (Å²) < 4.78 is 0. The number of halogens is 3. The van der Waals surface area contributed by atoms with Gasteiger partial charge in [0.25, 0.3) is 0 Å². The zero-order valence-electron chi connectivity index (χ0n) is 1.22. The third-order valence-electron chi connectivity index (χ3n) is 0. The molecule has 0 fully saturated rings. The molecular weight excluding hydrogens is 85.1 g/mol. The van der Waals surface area contributed by atoms with Gasteiger partial charge >= 0.3 is 0 Å². The molecule has 4 heavy (non-hydrogen) atoms. The highest BCUT2D eigenvalue weighted by Gasteiger charge is -0.0148. The van der Waals surface area contributed by atoms with Crippen molar-refractivity contribution in [1.29, 1.82) is 0 Å². The van der Waals surface area contributed by atoms with E-state index in [1.54, 1.807) is 0 Å². The van der Waals surface area contributed by atoms with Crippen molar-refractivity contribution in [3.63, 3.8) is 0 Å². The SMILES string of the molecule is F.F.F.[SiH4]. The van der Waals surface area contributed by atoms with Gasteiger partial charge in [0.15, 0.2) is 0 Å². The van der Waals surface area contributed by atoms with Gasteiger partial charge in [0.1, 0.15) is 0 Å². The third-order valence-corrected chi connectivity index (χ3v) is 0. The third kappa shape index (κ3) is 42900. The van der Waals surface area contributed by atoms with Crippen LogP contribution in [0.4, 0.5) is 14.1 Å². The Labute approximate surface area is 26.3 Å². The molecule has 0 unspecified atom stereocenters. The van der Waals surface area contributed by atoms with E-state index in [-0.39, 0.29) is 25.1 Å². The van der Waals surface area contributed by atoms with Gasteiger partial charge in [0.05, 0.1) is 0 Å². The lowest BCUT2D eigenvalue weighted by Crippen LogP contribution is -0.381. The Morgan fingerprint density at radius 2 is 0.500 bits per heavy atom. The topological polar surface area (TPSA) is 0 Å². The molecule has 0 radical (unpaired) electrons. The van der Waals surface area contributed by atoms with E-state index in [1.165, 1.54) is 0 Å². The van der Waals surface area contributed by atoms with Crippen LogP contribution >= 0.6 is 0 Å². The van der Waals surface area contributed by atoms with Crippen molar-refractivity contribution < 1.29 is 14.1 Å². The van der Waals surface area contributed by atoms with Gasteiger partial charge in [-0.25, -0.2) is 0 Å². The molecule has 0 nitrogen and oxygen atoms in total. The minimum atomic E-state index is 0. The smallest absolute Gasteiger partial charge is 0.0149 e. The van der Waals surface area contributed by atoms with Crippen molar-refractivity contribution >= 4 is 11.0 Å². The Balaban J connectivity index is 0. The summed E-state index contributed by atoms with van der Waals surface area (Å²) in [7, 11) is 0. The van der Waals surface area contributed by atoms with Crippen LogP contribution in [0, 0.1) is 0 Å². The Morgan fingerprint density at radius 1 is 0.500 bits per heavy atom. The minimum Gasteiger partial charge on any atom is -0.269 e. The van der Waals surface area contributed by atoms with Crippen molar-refractivity contribution in [3.05, 3.63) is 0 Å². The Hall–Kier alpha value is 0.00688. The monoisotopic (exact) mass is 92.0 g/mol. The van der Waals surface area contributed by atoms with Gasteiger partial charge < -0.3 is 0 Å². The van der Waals surface area contributed by atoms with E-state index in [1.807, 2.05) is 0 Å². The fourth-order valence-electron chi connectivity index (χ4n) is 0. The highest BCUT2D eigenvalue weighted by molar-refractivity contribution is 5.75. The minimum absolute atomic E-state index is 0. The number of hydrogen-bond donors (Lipinski definition) is 0. The highest BCUT2D eigenvalue weighted by Crippen LogP contribution is 0.422. The first-order valence-corrected chi connectivity index (χ1v) is 0. The van der Waals surface area contributed by atoms with Crippen LogP contribution in [0.5, 0.6) is 0 Å². The van der Waals surface area contributed by atoms with Crippen LogP contribution in [0.3, 0.4) is 0 Å². The molecule has 0 aliphatic rings. The molecule has 0 N–H and O–H groups in total. The number of rotatable bonds is 0. The van der Waals surface area contributed by atoms with Crippen LogP contribution in [0.15, 0.2) is 0 Å². The van der Waals surface area contributed by atoms with Crippen LogP contribution in [-0.2, 0) is 0 Å². The highest BCUT2D eigenvalue weighted by atomic mass is 28.1. The van der Waals surface area contributed by atoms with E-state index in [0.29, 0.717) is 0 Å². The van der Waals surface area contributed by atoms with Crippen molar-refractivity contribution in [2.75, 3.05) is 0 Å². The normalized spacial score (nSPS) is 0. The zero-order chi connectivity index (χ0) is 0. The van der Waals surface area contributed by atoms with Gasteiger partial charge in [-0.1, -0.05) is 0 Å². The molecule has 0 saturated heterocycles. The predicted octanol–water partition coefficient (Wildman–Crippen LogP) is -0.994. The summed E-state index contributed by atoms with van der Waals surface area (Å²) in [5.41, 5.74) is 0. The van der Waals surface area contributed by atoms with E-state index in [2.05, 4.69) is 0 Å². The molecule has 0 bridgehead atoms. The molecule has 0 heterocycles. The summed E-state index contributed by atoms with van der Waals surface area (Å²) in [6, 6.07) is 0. The Morgan fingerprint density at radius 3 is 0.500 bits per heavy atom. The van der Waals surface area contributed by atoms with Gasteiger partial charge in [0.2, 0.25) is 0 Å². The molecule has 32 valence electrons. The molecule has 4 heteroatoms. The largest absolute Gasteiger partial charge is 0.269 e. The summed E-state index contributed by atoms with van der Waals surface area (Å²) >= 11 is 0. The first kappa shape index (κ1) is 765000. The second-order valence-corrected chi connectivity index (χ2v) is 0. The summed E-state index contributed by atoms with van der Waals surface area (Å²) in [5, 5.41) is 0. The molecule has 0 amide bonds. The first-order chi connectivity index (χ1) is 0. The van der Waals surface area contributed by atoms with Crippen LogP contribution in [-0.4, -0.2) is 11.0 Å². The van der Waals surface area contributed by atoms with Crippen LogP contribution in [0.2, 0.25) is 0 Å². The fourth-order valence-corrected chi connectivity index (χ4v) is 0. The van der Waals surface area contributed by atoms with Gasteiger partial charge in [-0.15, -0.1) is 0 Å². The van der Waals surface area contributed by atoms with Crippen molar-refractivity contribution in [3.8, 4) is 0 Å². The van der Waals surface area contributed by atoms with E-state index in [9.17, 15) is 0 Å². The maximum Gasteiger partial charge on any atom is -0.0149 e. The summed E-state index contributed by atoms with van der Waals surface area (Å²) in [6.45, 7) is 0. The maximum absolute atomic E-state index is 0. The maximum atomic E-state index is 0. The van der Waals surface area contributed by atoms with Crippen LogP contribution < -0.4 is 0 Å². The summed E-state index contributed by atoms with van der Waals surface area (Å²) in [6.07, 6.45) is 0. The second kappa shape index (κ2) is 256000. The van der Waals surface area contributed by atoms with Crippen LogP contribution in [0.1, 0.15) is 0 Å². The standard InChI is InChI=1S/3FH.H4Si/h3*1H;1H4. The summed E-state index contributed by atoms with van der Waals surface area (Å²) in [5.74, 6) is 0. The quantitative estimate of drug-likeness (QED) is 0.336. The zero-order valence-corrected chi connectivity index (χ0v) is 1.22. The Kier molecular flexibility index (Phi) is 48900000000. The molecule has 0 spiro atoms. The predicted molar refractivity (Wildman–Crippen MR) is 18.8 cm³/mol. The molecule has 0 aromatic carbocycles. The molecular formula is H7F3Si. The van der Waals surface area contributed by atoms with E-state index in [4.69, 9.17) is 0 Å². The first-order valence-electron chi connectivity index (χ1n) is 0. The van der Waals surface area contributed by atoms with E-state index < -0.39 is 0 Å². The van der Waals surface area contributed by atoms with Gasteiger partial charge in [-0.2, -0.15) is 0 Å². The summed E-state index contributed by atoms with van der Waals surface area (Å²) in [4.78, 5) is 0. The molecule has 0 rings (SSSR count). The Bertz CT molecular complexity index is 3.25. The van der Waals surface area contributed by atoms with E-state index in [0.717, 1.165) is 0 Å². The lowest BCUT2D eigenvalue weighted by atomic mass is 19.0. The lowest BCUT2D eigenvalue weighted by molar-refractivity contribution is 1.11. The average Bonchev–Trinajstić information content (AvgIpc) is 0. The van der Waals surface area contributed by atoms with Gasteiger partial charge in [0, 0.05) is 0 Å². The van der Waals surface area contributed by atoms with Gasteiger partial charge in [-0.05, 0) is 11.0 Å².